The minimum atomic E-state index is -0.232. The molecule has 0 spiro atoms. The first kappa shape index (κ1) is 11.6. The molecule has 0 amide bonds. The Morgan fingerprint density at radius 2 is 2.19 bits per heavy atom. The van der Waals surface area contributed by atoms with Crippen LogP contribution in [-0.2, 0) is 0 Å². The van der Waals surface area contributed by atoms with Gasteiger partial charge in [-0.2, -0.15) is 0 Å². The van der Waals surface area contributed by atoms with E-state index in [4.69, 9.17) is 11.6 Å². The number of aromatic nitrogens is 3. The van der Waals surface area contributed by atoms with Crippen LogP contribution in [0.15, 0.2) is 44.0 Å². The summed E-state index contributed by atoms with van der Waals surface area (Å²) >= 11 is 10.4. The first-order valence-electron chi connectivity index (χ1n) is 4.20. The van der Waals surface area contributed by atoms with Crippen molar-refractivity contribution in [2.45, 2.75) is 10.1 Å². The van der Waals surface area contributed by atoms with Gasteiger partial charge in [0.2, 0.25) is 0 Å². The van der Waals surface area contributed by atoms with Crippen LogP contribution in [0.5, 0.6) is 0 Å². The molecular weight excluding hydrogens is 314 g/mol. The van der Waals surface area contributed by atoms with Crippen LogP contribution >= 0.6 is 39.3 Å². The zero-order valence-corrected chi connectivity index (χ0v) is 10.9. The summed E-state index contributed by atoms with van der Waals surface area (Å²) in [6.45, 7) is 0. The molecule has 0 aliphatic rings. The summed E-state index contributed by atoms with van der Waals surface area (Å²) in [4.78, 5) is 21.9. The Hall–Kier alpha value is -0.850. The van der Waals surface area contributed by atoms with Gasteiger partial charge < -0.3 is 4.98 Å². The molecule has 2 rings (SSSR count). The summed E-state index contributed by atoms with van der Waals surface area (Å²) in [5, 5.41) is 1.67. The fourth-order valence-electron chi connectivity index (χ4n) is 0.976. The fraction of sp³-hybridized carbons (Fsp3) is 0. The van der Waals surface area contributed by atoms with Gasteiger partial charge in [-0.05, 0) is 39.8 Å². The van der Waals surface area contributed by atoms with E-state index in [1.54, 1.807) is 18.3 Å². The molecule has 82 valence electrons. The van der Waals surface area contributed by atoms with Crippen molar-refractivity contribution in [1.82, 2.24) is 15.0 Å². The molecule has 2 heterocycles. The van der Waals surface area contributed by atoms with E-state index in [0.717, 1.165) is 0 Å². The minimum absolute atomic E-state index is 0.232. The highest BCUT2D eigenvalue weighted by molar-refractivity contribution is 9.10. The van der Waals surface area contributed by atoms with E-state index in [2.05, 4.69) is 30.9 Å². The van der Waals surface area contributed by atoms with E-state index >= 15 is 0 Å². The number of nitrogens with zero attached hydrogens (tertiary/aromatic N) is 2. The quantitative estimate of drug-likeness (QED) is 0.865. The number of hydrogen-bond donors (Lipinski definition) is 1. The van der Waals surface area contributed by atoms with Crippen molar-refractivity contribution < 1.29 is 0 Å². The number of hydrogen-bond acceptors (Lipinski definition) is 4. The number of nitrogens with one attached hydrogen (secondary N) is 1. The second kappa shape index (κ2) is 4.99. The summed E-state index contributed by atoms with van der Waals surface area (Å²) < 4.78 is 0.377. The van der Waals surface area contributed by atoms with Crippen LogP contribution in [0.3, 0.4) is 0 Å². The predicted molar refractivity (Wildman–Crippen MR) is 65.9 cm³/mol. The van der Waals surface area contributed by atoms with Crippen LogP contribution in [0.1, 0.15) is 0 Å². The van der Waals surface area contributed by atoms with Crippen molar-refractivity contribution in [3.63, 3.8) is 0 Å². The molecule has 0 fully saturated rings. The summed E-state index contributed by atoms with van der Waals surface area (Å²) in [7, 11) is 0. The highest BCUT2D eigenvalue weighted by atomic mass is 79.9. The standard InChI is InChI=1S/C9H5BrClN3OS/c10-6-7(15)13-4-14-9(6)16-8-5(11)2-1-3-12-8/h1-4H,(H,13,14,15). The number of halogens is 2. The van der Waals surface area contributed by atoms with E-state index in [9.17, 15) is 4.79 Å². The van der Waals surface area contributed by atoms with Crippen molar-refractivity contribution in [3.05, 3.63) is 44.5 Å². The Bertz CT molecular complexity index is 575. The second-order valence-corrected chi connectivity index (χ2v) is 4.92. The molecule has 4 nitrogen and oxygen atoms in total. The molecule has 0 aliphatic heterocycles. The van der Waals surface area contributed by atoms with Crippen molar-refractivity contribution in [3.8, 4) is 0 Å². The third-order valence-corrected chi connectivity index (χ3v) is 4.12. The third kappa shape index (κ3) is 2.45. The number of aromatic amines is 1. The van der Waals surface area contributed by atoms with Gasteiger partial charge in [0.15, 0.2) is 0 Å². The normalized spacial score (nSPS) is 10.4. The van der Waals surface area contributed by atoms with E-state index in [1.807, 2.05) is 0 Å². The molecule has 0 atom stereocenters. The molecule has 0 aliphatic carbocycles. The maximum Gasteiger partial charge on any atom is 0.266 e. The van der Waals surface area contributed by atoms with E-state index in [0.29, 0.717) is 19.5 Å². The molecule has 7 heteroatoms. The van der Waals surface area contributed by atoms with Crippen molar-refractivity contribution in [2.24, 2.45) is 0 Å². The average molecular weight is 319 g/mol. The third-order valence-electron chi connectivity index (χ3n) is 1.68. The summed E-state index contributed by atoms with van der Waals surface area (Å²) in [5.74, 6) is 0. The largest absolute Gasteiger partial charge is 0.312 e. The average Bonchev–Trinajstić information content (AvgIpc) is 2.28. The van der Waals surface area contributed by atoms with Gasteiger partial charge in [-0.15, -0.1) is 0 Å². The molecule has 1 N–H and O–H groups in total. The van der Waals surface area contributed by atoms with Crippen LogP contribution in [0, 0.1) is 0 Å². The predicted octanol–water partition coefficient (Wildman–Crippen LogP) is 2.73. The summed E-state index contributed by atoms with van der Waals surface area (Å²) in [6.07, 6.45) is 2.97. The van der Waals surface area contributed by atoms with Gasteiger partial charge in [-0.25, -0.2) is 9.97 Å². The number of rotatable bonds is 2. The van der Waals surface area contributed by atoms with Gasteiger partial charge in [0.05, 0.1) is 11.3 Å². The zero-order chi connectivity index (χ0) is 11.5. The van der Waals surface area contributed by atoms with E-state index in [1.165, 1.54) is 18.1 Å². The molecule has 0 saturated heterocycles. The van der Waals surface area contributed by atoms with Crippen molar-refractivity contribution in [1.29, 1.82) is 0 Å². The van der Waals surface area contributed by atoms with Gasteiger partial charge in [0.25, 0.3) is 5.56 Å². The molecule has 0 radical (unpaired) electrons. The SMILES string of the molecule is O=c1[nH]cnc(Sc2ncccc2Cl)c1Br. The topological polar surface area (TPSA) is 58.6 Å². The van der Waals surface area contributed by atoms with Crippen LogP contribution in [0.4, 0.5) is 0 Å². The van der Waals surface area contributed by atoms with Crippen LogP contribution in [0.25, 0.3) is 0 Å². The van der Waals surface area contributed by atoms with E-state index in [-0.39, 0.29) is 5.56 Å². The monoisotopic (exact) mass is 317 g/mol. The summed E-state index contributed by atoms with van der Waals surface area (Å²) in [5.41, 5.74) is -0.232. The Kier molecular flexibility index (Phi) is 3.63. The fourth-order valence-corrected chi connectivity index (χ4v) is 2.42. The Labute approximate surface area is 109 Å². The molecule has 2 aromatic heterocycles. The molecule has 16 heavy (non-hydrogen) atoms. The minimum Gasteiger partial charge on any atom is -0.312 e. The maximum absolute atomic E-state index is 11.3. The lowest BCUT2D eigenvalue weighted by molar-refractivity contribution is 0.985. The van der Waals surface area contributed by atoms with Gasteiger partial charge >= 0.3 is 0 Å². The first-order chi connectivity index (χ1) is 7.68. The highest BCUT2D eigenvalue weighted by Crippen LogP contribution is 2.32. The number of H-pyrrole nitrogens is 1. The Morgan fingerprint density at radius 3 is 2.94 bits per heavy atom. The lowest BCUT2D eigenvalue weighted by Gasteiger charge is -2.02. The zero-order valence-electron chi connectivity index (χ0n) is 7.78. The molecule has 0 bridgehead atoms. The highest BCUT2D eigenvalue weighted by Gasteiger charge is 2.10. The lowest BCUT2D eigenvalue weighted by atomic mass is 10.5. The second-order valence-electron chi connectivity index (χ2n) is 2.74. The van der Waals surface area contributed by atoms with Gasteiger partial charge in [0, 0.05) is 6.20 Å². The van der Waals surface area contributed by atoms with Crippen molar-refractivity contribution >= 4 is 39.3 Å². The van der Waals surface area contributed by atoms with Gasteiger partial charge in [0.1, 0.15) is 14.5 Å². The molecule has 0 saturated carbocycles. The molecule has 0 unspecified atom stereocenters. The maximum atomic E-state index is 11.3. The smallest absolute Gasteiger partial charge is 0.266 e. The molecular formula is C9H5BrClN3OS. The Morgan fingerprint density at radius 1 is 1.38 bits per heavy atom. The molecule has 0 aromatic carbocycles. The van der Waals surface area contributed by atoms with E-state index < -0.39 is 0 Å². The summed E-state index contributed by atoms with van der Waals surface area (Å²) in [6, 6.07) is 3.48. The van der Waals surface area contributed by atoms with Crippen molar-refractivity contribution in [2.75, 3.05) is 0 Å². The van der Waals surface area contributed by atoms with Gasteiger partial charge in [-0.1, -0.05) is 11.6 Å². The molecule has 2 aromatic rings. The van der Waals surface area contributed by atoms with Crippen LogP contribution in [-0.4, -0.2) is 15.0 Å². The Balaban J connectivity index is 2.38. The first-order valence-corrected chi connectivity index (χ1v) is 6.19. The van der Waals surface area contributed by atoms with Crippen LogP contribution in [0.2, 0.25) is 5.02 Å². The van der Waals surface area contributed by atoms with Gasteiger partial charge in [-0.3, -0.25) is 4.79 Å². The number of pyridine rings is 1. The lowest BCUT2D eigenvalue weighted by Crippen LogP contribution is -2.07. The van der Waals surface area contributed by atoms with Crippen LogP contribution < -0.4 is 5.56 Å².